The van der Waals surface area contributed by atoms with Crippen molar-refractivity contribution in [2.24, 2.45) is 0 Å². The van der Waals surface area contributed by atoms with Crippen LogP contribution in [0.15, 0.2) is 30.3 Å². The van der Waals surface area contributed by atoms with Crippen LogP contribution in [-0.4, -0.2) is 14.7 Å². The first kappa shape index (κ1) is 21.8. The summed E-state index contributed by atoms with van der Waals surface area (Å²) < 4.78 is 25.7. The summed E-state index contributed by atoms with van der Waals surface area (Å²) >= 11 is -2.81. The van der Waals surface area contributed by atoms with Gasteiger partial charge >= 0.3 is 5.97 Å². The van der Waals surface area contributed by atoms with Crippen LogP contribution in [0.25, 0.3) is 0 Å². The maximum Gasteiger partial charge on any atom is 0.326 e. The molecule has 0 aliphatic rings. The highest BCUT2D eigenvalue weighted by molar-refractivity contribution is 7.74. The van der Waals surface area contributed by atoms with Crippen molar-refractivity contribution in [1.29, 1.82) is 0 Å². The highest BCUT2D eigenvalue weighted by atomic mass is 32.2. The molecule has 0 aliphatic heterocycles. The second-order valence-corrected chi connectivity index (χ2v) is 7.12. The van der Waals surface area contributed by atoms with Gasteiger partial charge in [-0.15, -0.1) is 0 Å². The molecule has 1 aromatic carbocycles. The van der Waals surface area contributed by atoms with Crippen molar-refractivity contribution in [3.05, 3.63) is 35.9 Å². The van der Waals surface area contributed by atoms with Crippen LogP contribution in [0.1, 0.15) is 89.0 Å². The Bertz CT molecular complexity index is 490. The molecular weight excluding hydrogens is 336 g/mol. The Morgan fingerprint density at radius 1 is 0.960 bits per heavy atom. The summed E-state index contributed by atoms with van der Waals surface area (Å²) in [5.41, 5.74) is 0.814. The highest BCUT2D eigenvalue weighted by Crippen LogP contribution is 2.24. The van der Waals surface area contributed by atoms with E-state index in [9.17, 15) is 13.6 Å². The lowest BCUT2D eigenvalue weighted by Crippen LogP contribution is -2.17. The van der Waals surface area contributed by atoms with Gasteiger partial charge in [-0.05, 0) is 12.0 Å². The van der Waals surface area contributed by atoms with Gasteiger partial charge in [0.1, 0.15) is 11.4 Å². The van der Waals surface area contributed by atoms with Crippen LogP contribution >= 0.6 is 0 Å². The van der Waals surface area contributed by atoms with E-state index in [-0.39, 0.29) is 0 Å². The number of carbonyl (C=O) groups is 1. The third kappa shape index (κ3) is 10.4. The molecule has 0 N–H and O–H groups in total. The molecule has 0 saturated heterocycles. The molecule has 0 aliphatic carbocycles. The summed E-state index contributed by atoms with van der Waals surface area (Å²) in [6.07, 6.45) is 12.9. The predicted octanol–water partition coefficient (Wildman–Crippen LogP) is 5.42. The second-order valence-electron chi connectivity index (χ2n) is 6.54. The Morgan fingerprint density at radius 3 is 2.00 bits per heavy atom. The lowest BCUT2D eigenvalue weighted by molar-refractivity contribution is -0.135. The van der Waals surface area contributed by atoms with Gasteiger partial charge < -0.3 is 8.74 Å². The first-order chi connectivity index (χ1) is 12.1. The number of carbonyl (C=O) groups excluding carboxylic acids is 1. The Labute approximate surface area is 154 Å². The summed E-state index contributed by atoms with van der Waals surface area (Å²) in [5.74, 6) is -1.19. The first-order valence-electron chi connectivity index (χ1n) is 9.51. The van der Waals surface area contributed by atoms with Crippen molar-refractivity contribution < 1.29 is 17.7 Å². The molecule has 1 aromatic rings. The van der Waals surface area contributed by atoms with Crippen LogP contribution < -0.4 is 0 Å². The average molecular weight is 368 g/mol. The van der Waals surface area contributed by atoms with E-state index in [0.29, 0.717) is 6.42 Å². The minimum Gasteiger partial charge on any atom is -0.740 e. The molecule has 0 bridgehead atoms. The molecule has 0 heterocycles. The molecule has 0 amide bonds. The molecule has 5 heteroatoms. The third-order valence-corrected chi connectivity index (χ3v) is 4.78. The van der Waals surface area contributed by atoms with E-state index in [1.165, 1.54) is 44.9 Å². The Balaban J connectivity index is 2.27. The average Bonchev–Trinajstić information content (AvgIpc) is 2.60. The Morgan fingerprint density at radius 2 is 1.48 bits per heavy atom. The fourth-order valence-electron chi connectivity index (χ4n) is 3.07. The largest absolute Gasteiger partial charge is 0.740 e. The van der Waals surface area contributed by atoms with Gasteiger partial charge in [0.15, 0.2) is 0 Å². The lowest BCUT2D eigenvalue weighted by Gasteiger charge is -2.16. The molecule has 0 spiro atoms. The smallest absolute Gasteiger partial charge is 0.326 e. The quantitative estimate of drug-likeness (QED) is 0.325. The van der Waals surface area contributed by atoms with E-state index >= 15 is 0 Å². The molecule has 142 valence electrons. The lowest BCUT2D eigenvalue weighted by atomic mass is 9.93. The van der Waals surface area contributed by atoms with Gasteiger partial charge in [-0.3, -0.25) is 4.79 Å². The van der Waals surface area contributed by atoms with Crippen molar-refractivity contribution in [2.45, 2.75) is 83.5 Å². The maximum atomic E-state index is 12.0. The van der Waals surface area contributed by atoms with Gasteiger partial charge in [-0.2, -0.15) is 0 Å². The number of unbranched alkanes of at least 4 members (excludes halogenated alkanes) is 9. The van der Waals surface area contributed by atoms with E-state index in [1.807, 2.05) is 30.3 Å². The highest BCUT2D eigenvalue weighted by Gasteiger charge is 2.22. The zero-order valence-electron chi connectivity index (χ0n) is 15.3. The first-order valence-corrected chi connectivity index (χ1v) is 10.5. The standard InChI is InChI=1S/C20H32O4S/c1-2-3-4-5-6-7-8-9-10-14-17-19(20(21)24-25(22)23)18-15-12-11-13-16-18/h11-13,15-16,19H,2-10,14,17H2,1H3,(H,22,23)/p-1. The van der Waals surface area contributed by atoms with Crippen molar-refractivity contribution in [3.63, 3.8) is 0 Å². The molecule has 0 saturated carbocycles. The topological polar surface area (TPSA) is 66.4 Å². The van der Waals surface area contributed by atoms with E-state index < -0.39 is 23.2 Å². The van der Waals surface area contributed by atoms with Crippen molar-refractivity contribution >= 4 is 17.3 Å². The molecule has 0 aromatic heterocycles. The molecule has 2 atom stereocenters. The number of benzene rings is 1. The zero-order chi connectivity index (χ0) is 18.3. The third-order valence-electron chi connectivity index (χ3n) is 4.48. The monoisotopic (exact) mass is 367 g/mol. The van der Waals surface area contributed by atoms with Crippen LogP contribution in [0.3, 0.4) is 0 Å². The van der Waals surface area contributed by atoms with Gasteiger partial charge in [-0.25, -0.2) is 4.21 Å². The molecule has 2 unspecified atom stereocenters. The summed E-state index contributed by atoms with van der Waals surface area (Å²) in [6.45, 7) is 2.23. The maximum absolute atomic E-state index is 12.0. The number of rotatable bonds is 14. The molecule has 0 radical (unpaired) electrons. The Hall–Kier alpha value is -1.20. The van der Waals surface area contributed by atoms with Crippen molar-refractivity contribution in [1.82, 2.24) is 0 Å². The van der Waals surface area contributed by atoms with Crippen LogP contribution in [0.2, 0.25) is 0 Å². The van der Waals surface area contributed by atoms with Gasteiger partial charge in [0.05, 0.1) is 5.92 Å². The second kappa shape index (κ2) is 14.0. The fourth-order valence-corrected chi connectivity index (χ4v) is 3.32. The molecule has 25 heavy (non-hydrogen) atoms. The fraction of sp³-hybridized carbons (Fsp3) is 0.650. The van der Waals surface area contributed by atoms with Gasteiger partial charge in [0, 0.05) is 0 Å². The molecular formula is C20H31O4S-. The van der Waals surface area contributed by atoms with Crippen molar-refractivity contribution in [3.8, 4) is 0 Å². The van der Waals surface area contributed by atoms with E-state index in [1.54, 1.807) is 0 Å². The van der Waals surface area contributed by atoms with Crippen LogP contribution in [0.5, 0.6) is 0 Å². The number of hydrogen-bond donors (Lipinski definition) is 0. The van der Waals surface area contributed by atoms with Crippen LogP contribution in [0, 0.1) is 0 Å². The zero-order valence-corrected chi connectivity index (χ0v) is 16.1. The predicted molar refractivity (Wildman–Crippen MR) is 101 cm³/mol. The minimum atomic E-state index is -2.81. The minimum absolute atomic E-state index is 0.506. The summed E-state index contributed by atoms with van der Waals surface area (Å²) in [6, 6.07) is 9.26. The molecule has 0 fully saturated rings. The normalized spacial score (nSPS) is 13.4. The van der Waals surface area contributed by atoms with Gasteiger partial charge in [0.25, 0.3) is 0 Å². The van der Waals surface area contributed by atoms with E-state index in [4.69, 9.17) is 0 Å². The molecule has 4 nitrogen and oxygen atoms in total. The Kier molecular flexibility index (Phi) is 12.2. The van der Waals surface area contributed by atoms with E-state index in [2.05, 4.69) is 11.1 Å². The SMILES string of the molecule is CCCCCCCCCCCCC(C(=O)OS(=O)[O-])c1ccccc1. The van der Waals surface area contributed by atoms with Crippen LogP contribution in [-0.2, 0) is 20.3 Å². The van der Waals surface area contributed by atoms with E-state index in [0.717, 1.165) is 24.8 Å². The molecule has 1 rings (SSSR count). The van der Waals surface area contributed by atoms with Gasteiger partial charge in [0.2, 0.25) is 0 Å². The summed E-state index contributed by atoms with van der Waals surface area (Å²) in [7, 11) is 0. The van der Waals surface area contributed by atoms with Gasteiger partial charge in [-0.1, -0.05) is 101 Å². The van der Waals surface area contributed by atoms with Crippen molar-refractivity contribution in [2.75, 3.05) is 0 Å². The number of hydrogen-bond acceptors (Lipinski definition) is 4. The summed E-state index contributed by atoms with van der Waals surface area (Å²) in [4.78, 5) is 12.0. The summed E-state index contributed by atoms with van der Waals surface area (Å²) in [5, 5.41) is 0. The van der Waals surface area contributed by atoms with Crippen LogP contribution in [0.4, 0.5) is 0 Å².